The molecule has 2 aliphatic heterocycles. The molecule has 7 heteroatoms. The number of aliphatic carboxylic acids is 1. The predicted octanol–water partition coefficient (Wildman–Crippen LogP) is 1.42. The number of carbonyl (C=O) groups is 1. The van der Waals surface area contributed by atoms with Crippen molar-refractivity contribution in [2.24, 2.45) is 11.3 Å². The number of likely N-dealkylation sites (tertiary alicyclic amines) is 1. The van der Waals surface area contributed by atoms with E-state index in [1.165, 1.54) is 9.87 Å². The number of hydrogen-bond donors (Lipinski definition) is 1. The highest BCUT2D eigenvalue weighted by Crippen LogP contribution is 2.44. The quantitative estimate of drug-likeness (QED) is 0.824. The molecule has 2 atom stereocenters. The van der Waals surface area contributed by atoms with Gasteiger partial charge in [0.15, 0.2) is 0 Å². The van der Waals surface area contributed by atoms with Gasteiger partial charge in [0.1, 0.15) is 0 Å². The van der Waals surface area contributed by atoms with Crippen LogP contribution in [0.5, 0.6) is 0 Å². The zero-order valence-electron chi connectivity index (χ0n) is 14.8. The average molecular weight is 366 g/mol. The van der Waals surface area contributed by atoms with Gasteiger partial charge in [-0.15, -0.1) is 0 Å². The molecule has 0 aliphatic carbocycles. The van der Waals surface area contributed by atoms with Gasteiger partial charge in [-0.05, 0) is 24.5 Å². The maximum atomic E-state index is 12.1. The normalized spacial score (nSPS) is 27.5. The Kier molecular flexibility index (Phi) is 4.92. The van der Waals surface area contributed by atoms with Crippen molar-refractivity contribution in [2.45, 2.75) is 26.8 Å². The van der Waals surface area contributed by atoms with Gasteiger partial charge in [-0.3, -0.25) is 9.69 Å². The maximum absolute atomic E-state index is 12.1. The Balaban J connectivity index is 1.74. The first-order valence-electron chi connectivity index (χ1n) is 8.82. The number of carboxylic acids is 1. The minimum atomic E-state index is -3.34. The zero-order chi connectivity index (χ0) is 18.2. The highest BCUT2D eigenvalue weighted by Gasteiger charge is 2.59. The molecule has 25 heavy (non-hydrogen) atoms. The molecular weight excluding hydrogens is 340 g/mol. The average Bonchev–Trinajstić information content (AvgIpc) is 3.11. The lowest BCUT2D eigenvalue weighted by molar-refractivity contribution is -0.148. The van der Waals surface area contributed by atoms with Gasteiger partial charge in [0.25, 0.3) is 0 Å². The molecule has 0 aromatic heterocycles. The van der Waals surface area contributed by atoms with Crippen molar-refractivity contribution in [2.75, 3.05) is 31.9 Å². The summed E-state index contributed by atoms with van der Waals surface area (Å²) in [6.07, 6.45) is 0.996. The fourth-order valence-corrected chi connectivity index (χ4v) is 5.28. The number of nitrogens with zero attached hydrogens (tertiary/aromatic N) is 2. The van der Waals surface area contributed by atoms with E-state index in [0.717, 1.165) is 12.0 Å². The van der Waals surface area contributed by atoms with Crippen LogP contribution >= 0.6 is 0 Å². The van der Waals surface area contributed by atoms with Gasteiger partial charge in [-0.1, -0.05) is 31.2 Å². The largest absolute Gasteiger partial charge is 0.481 e. The smallest absolute Gasteiger partial charge is 0.312 e. The van der Waals surface area contributed by atoms with E-state index in [4.69, 9.17) is 0 Å². The van der Waals surface area contributed by atoms with Crippen LogP contribution in [0.1, 0.15) is 25.0 Å². The Labute approximate surface area is 149 Å². The molecule has 0 radical (unpaired) electrons. The molecule has 0 amide bonds. The lowest BCUT2D eigenvalue weighted by Gasteiger charge is -2.25. The lowest BCUT2D eigenvalue weighted by atomic mass is 9.81. The molecule has 2 saturated heterocycles. The molecule has 1 unspecified atom stereocenters. The van der Waals surface area contributed by atoms with Crippen molar-refractivity contribution < 1.29 is 18.3 Å². The van der Waals surface area contributed by atoms with E-state index in [1.54, 1.807) is 6.92 Å². The summed E-state index contributed by atoms with van der Waals surface area (Å²) in [7, 11) is -3.34. The Morgan fingerprint density at radius 3 is 2.32 bits per heavy atom. The van der Waals surface area contributed by atoms with Crippen molar-refractivity contribution in [1.82, 2.24) is 9.21 Å². The monoisotopic (exact) mass is 366 g/mol. The molecule has 0 bridgehead atoms. The molecule has 2 aliphatic rings. The zero-order valence-corrected chi connectivity index (χ0v) is 15.6. The van der Waals surface area contributed by atoms with E-state index >= 15 is 0 Å². The van der Waals surface area contributed by atoms with Gasteiger partial charge in [0, 0.05) is 38.6 Å². The summed E-state index contributed by atoms with van der Waals surface area (Å²) < 4.78 is 25.7. The summed E-state index contributed by atoms with van der Waals surface area (Å²) >= 11 is 0. The van der Waals surface area contributed by atoms with Crippen molar-refractivity contribution >= 4 is 16.0 Å². The summed E-state index contributed by atoms with van der Waals surface area (Å²) in [5, 5.41) is 9.83. The van der Waals surface area contributed by atoms with Crippen LogP contribution in [0.2, 0.25) is 0 Å². The van der Waals surface area contributed by atoms with E-state index in [-0.39, 0.29) is 18.2 Å². The van der Waals surface area contributed by atoms with E-state index in [0.29, 0.717) is 26.2 Å². The Morgan fingerprint density at radius 1 is 1.16 bits per heavy atom. The van der Waals surface area contributed by atoms with Gasteiger partial charge in [-0.2, -0.15) is 0 Å². The second-order valence-corrected chi connectivity index (χ2v) is 9.45. The Bertz CT molecular complexity index is 747. The number of hydrogen-bond acceptors (Lipinski definition) is 4. The molecule has 1 aromatic rings. The number of benzene rings is 1. The highest BCUT2D eigenvalue weighted by molar-refractivity contribution is 7.89. The van der Waals surface area contributed by atoms with Crippen LogP contribution in [0.3, 0.4) is 0 Å². The van der Waals surface area contributed by atoms with Crippen molar-refractivity contribution in [3.63, 3.8) is 0 Å². The lowest BCUT2D eigenvalue weighted by Crippen LogP contribution is -2.42. The van der Waals surface area contributed by atoms with Gasteiger partial charge < -0.3 is 5.11 Å². The summed E-state index contributed by atoms with van der Waals surface area (Å²) in [5.74, 6) is -1.01. The van der Waals surface area contributed by atoms with Crippen LogP contribution < -0.4 is 0 Å². The van der Waals surface area contributed by atoms with Crippen LogP contribution in [-0.4, -0.2) is 60.6 Å². The van der Waals surface area contributed by atoms with Crippen molar-refractivity contribution in [3.05, 3.63) is 35.4 Å². The second-order valence-electron chi connectivity index (χ2n) is 7.19. The third-order valence-corrected chi connectivity index (χ3v) is 7.46. The first-order valence-corrected chi connectivity index (χ1v) is 10.4. The first kappa shape index (κ1) is 18.4. The molecule has 3 rings (SSSR count). The van der Waals surface area contributed by atoms with Crippen LogP contribution in [0.25, 0.3) is 0 Å². The van der Waals surface area contributed by atoms with Crippen LogP contribution in [-0.2, 0) is 27.8 Å². The molecule has 2 heterocycles. The molecule has 138 valence electrons. The second kappa shape index (κ2) is 6.70. The van der Waals surface area contributed by atoms with Gasteiger partial charge in [0.2, 0.25) is 10.0 Å². The van der Waals surface area contributed by atoms with Gasteiger partial charge >= 0.3 is 5.97 Å². The van der Waals surface area contributed by atoms with Crippen LogP contribution in [0.15, 0.2) is 24.3 Å². The number of aryl methyl sites for hydroxylation is 1. The number of sulfonamides is 1. The summed E-state index contributed by atoms with van der Waals surface area (Å²) in [5.41, 5.74) is 1.46. The summed E-state index contributed by atoms with van der Waals surface area (Å²) in [6.45, 7) is 5.85. The number of rotatable bonds is 6. The van der Waals surface area contributed by atoms with Crippen molar-refractivity contribution in [3.8, 4) is 0 Å². The minimum absolute atomic E-state index is 0.0168. The van der Waals surface area contributed by atoms with Gasteiger partial charge in [0.05, 0.1) is 11.2 Å². The molecule has 1 N–H and O–H groups in total. The minimum Gasteiger partial charge on any atom is -0.481 e. The molecule has 6 nitrogen and oxygen atoms in total. The van der Waals surface area contributed by atoms with Gasteiger partial charge in [-0.25, -0.2) is 12.7 Å². The van der Waals surface area contributed by atoms with Crippen LogP contribution in [0, 0.1) is 11.3 Å². The first-order chi connectivity index (χ1) is 11.8. The number of fused-ring (bicyclic) bond motifs is 1. The molecule has 0 saturated carbocycles. The number of carboxylic acid groups (broad SMARTS) is 1. The predicted molar refractivity (Wildman–Crippen MR) is 95.7 cm³/mol. The molecule has 0 spiro atoms. The third-order valence-electron chi connectivity index (χ3n) is 5.67. The fourth-order valence-electron chi connectivity index (χ4n) is 4.08. The van der Waals surface area contributed by atoms with E-state index < -0.39 is 21.4 Å². The Hall–Kier alpha value is -1.44. The molecule has 2 fully saturated rings. The topological polar surface area (TPSA) is 77.9 Å². The third kappa shape index (κ3) is 3.32. The van der Waals surface area contributed by atoms with Crippen LogP contribution in [0.4, 0.5) is 0 Å². The maximum Gasteiger partial charge on any atom is 0.312 e. The Morgan fingerprint density at radius 2 is 1.80 bits per heavy atom. The van der Waals surface area contributed by atoms with E-state index in [1.807, 2.05) is 0 Å². The fraction of sp³-hybridized carbons (Fsp3) is 0.611. The van der Waals surface area contributed by atoms with E-state index in [9.17, 15) is 18.3 Å². The SMILES string of the molecule is CCc1ccc(CN2CC3CN(S(=O)(=O)CC)C[C@@]3(C(=O)O)C2)cc1. The van der Waals surface area contributed by atoms with E-state index in [2.05, 4.69) is 36.1 Å². The highest BCUT2D eigenvalue weighted by atomic mass is 32.2. The standard InChI is InChI=1S/C18H26N2O4S/c1-3-14-5-7-15(8-6-14)9-19-10-16-11-20(25(23,24)4-2)13-18(16,12-19)17(21)22/h5-8,16H,3-4,9-13H2,1-2H3,(H,21,22)/t16?,18-/m0/s1. The summed E-state index contributed by atoms with van der Waals surface area (Å²) in [6, 6.07) is 8.39. The molecule has 1 aromatic carbocycles. The molecular formula is C18H26N2O4S. The van der Waals surface area contributed by atoms with Crippen molar-refractivity contribution in [1.29, 1.82) is 0 Å². The summed E-state index contributed by atoms with van der Waals surface area (Å²) in [4.78, 5) is 14.1.